The van der Waals surface area contributed by atoms with Crippen LogP contribution in [0.15, 0.2) is 42.7 Å². The maximum Gasteiger partial charge on any atom is 0.416 e. The van der Waals surface area contributed by atoms with Gasteiger partial charge in [-0.05, 0) is 29.8 Å². The second-order valence-corrected chi connectivity index (χ2v) is 3.70. The van der Waals surface area contributed by atoms with E-state index in [1.165, 1.54) is 18.5 Å². The lowest BCUT2D eigenvalue weighted by atomic mass is 10.0. The van der Waals surface area contributed by atoms with Gasteiger partial charge in [0.1, 0.15) is 6.29 Å². The highest BCUT2D eigenvalue weighted by Gasteiger charge is 2.31. The molecule has 18 heavy (non-hydrogen) atoms. The predicted octanol–water partition coefficient (Wildman–Crippen LogP) is 3.58. The first-order chi connectivity index (χ1) is 8.50. The van der Waals surface area contributed by atoms with E-state index in [0.717, 1.165) is 12.1 Å². The molecule has 0 aliphatic heterocycles. The van der Waals surface area contributed by atoms with E-state index in [2.05, 4.69) is 4.98 Å². The van der Waals surface area contributed by atoms with Crippen LogP contribution >= 0.6 is 0 Å². The minimum Gasteiger partial charge on any atom is -0.298 e. The summed E-state index contributed by atoms with van der Waals surface area (Å²) in [5.41, 5.74) is 0.00126. The predicted molar refractivity (Wildman–Crippen MR) is 60.1 cm³/mol. The molecule has 0 saturated heterocycles. The van der Waals surface area contributed by atoms with Crippen molar-refractivity contribution in [2.75, 3.05) is 0 Å². The van der Waals surface area contributed by atoms with Crippen molar-refractivity contribution in [3.8, 4) is 11.1 Å². The molecule has 0 radical (unpaired) electrons. The molecule has 0 saturated carbocycles. The van der Waals surface area contributed by atoms with Crippen molar-refractivity contribution in [3.05, 3.63) is 53.9 Å². The van der Waals surface area contributed by atoms with Crippen LogP contribution in [0.3, 0.4) is 0 Å². The second-order valence-electron chi connectivity index (χ2n) is 3.70. The quantitative estimate of drug-likeness (QED) is 0.763. The van der Waals surface area contributed by atoms with Gasteiger partial charge in [-0.3, -0.25) is 9.78 Å². The summed E-state index contributed by atoms with van der Waals surface area (Å²) >= 11 is 0. The number of hydrogen-bond acceptors (Lipinski definition) is 2. The molecule has 1 aromatic heterocycles. The molecule has 0 amide bonds. The van der Waals surface area contributed by atoms with Crippen molar-refractivity contribution < 1.29 is 18.0 Å². The van der Waals surface area contributed by atoms with E-state index >= 15 is 0 Å². The molecule has 0 bridgehead atoms. The van der Waals surface area contributed by atoms with Crippen LogP contribution in [0, 0.1) is 0 Å². The molecular weight excluding hydrogens is 243 g/mol. The molecule has 2 rings (SSSR count). The Labute approximate surface area is 101 Å². The molecule has 0 unspecified atom stereocenters. The number of aldehydes is 1. The molecule has 0 fully saturated rings. The number of benzene rings is 1. The summed E-state index contributed by atoms with van der Waals surface area (Å²) in [6.07, 6.45) is -1.10. The molecule has 0 spiro atoms. The first-order valence-corrected chi connectivity index (χ1v) is 5.08. The Kier molecular flexibility index (Phi) is 3.14. The first kappa shape index (κ1) is 12.3. The van der Waals surface area contributed by atoms with E-state index in [1.807, 2.05) is 0 Å². The molecule has 2 nitrogen and oxygen atoms in total. The van der Waals surface area contributed by atoms with Crippen molar-refractivity contribution in [2.45, 2.75) is 6.18 Å². The highest BCUT2D eigenvalue weighted by molar-refractivity contribution is 5.79. The highest BCUT2D eigenvalue weighted by Crippen LogP contribution is 2.32. The molecule has 0 N–H and O–H groups in total. The van der Waals surface area contributed by atoms with Gasteiger partial charge in [-0.15, -0.1) is 0 Å². The SMILES string of the molecule is O=Cc1cc(-c2cccnc2)cc(C(F)(F)F)c1. The van der Waals surface area contributed by atoms with Crippen LogP contribution in [0.1, 0.15) is 15.9 Å². The van der Waals surface area contributed by atoms with Crippen LogP contribution in [-0.2, 0) is 6.18 Å². The van der Waals surface area contributed by atoms with Crippen LogP contribution in [0.5, 0.6) is 0 Å². The second kappa shape index (κ2) is 4.60. The van der Waals surface area contributed by atoms with Gasteiger partial charge in [0.2, 0.25) is 0 Å². The van der Waals surface area contributed by atoms with Gasteiger partial charge in [-0.1, -0.05) is 6.07 Å². The molecule has 1 aromatic carbocycles. The summed E-state index contributed by atoms with van der Waals surface area (Å²) in [5.74, 6) is 0. The third kappa shape index (κ3) is 2.56. The van der Waals surface area contributed by atoms with Crippen LogP contribution in [0.25, 0.3) is 11.1 Å². The molecule has 0 aliphatic rings. The van der Waals surface area contributed by atoms with E-state index in [-0.39, 0.29) is 5.56 Å². The molecule has 92 valence electrons. The molecule has 0 aliphatic carbocycles. The van der Waals surface area contributed by atoms with Crippen molar-refractivity contribution in [1.82, 2.24) is 4.98 Å². The minimum atomic E-state index is -4.48. The summed E-state index contributed by atoms with van der Waals surface area (Å²) in [4.78, 5) is 14.5. The number of carbonyl (C=O) groups is 1. The molecule has 1 heterocycles. The lowest BCUT2D eigenvalue weighted by molar-refractivity contribution is -0.137. The summed E-state index contributed by atoms with van der Waals surface area (Å²) in [6.45, 7) is 0. The standard InChI is InChI=1S/C13H8F3NO/c14-13(15,16)12-5-9(8-18)4-11(6-12)10-2-1-3-17-7-10/h1-8H. The average molecular weight is 251 g/mol. The van der Waals surface area contributed by atoms with Gasteiger partial charge in [0, 0.05) is 23.5 Å². The summed E-state index contributed by atoms with van der Waals surface area (Å²) < 4.78 is 38.0. The topological polar surface area (TPSA) is 30.0 Å². The van der Waals surface area contributed by atoms with E-state index < -0.39 is 11.7 Å². The fourth-order valence-corrected chi connectivity index (χ4v) is 1.58. The van der Waals surface area contributed by atoms with Gasteiger partial charge >= 0.3 is 6.18 Å². The van der Waals surface area contributed by atoms with Gasteiger partial charge in [-0.2, -0.15) is 13.2 Å². The van der Waals surface area contributed by atoms with E-state index in [9.17, 15) is 18.0 Å². The maximum atomic E-state index is 12.7. The number of halogens is 3. The van der Waals surface area contributed by atoms with Crippen LogP contribution in [-0.4, -0.2) is 11.3 Å². The average Bonchev–Trinajstić information content (AvgIpc) is 2.38. The van der Waals surface area contributed by atoms with Gasteiger partial charge < -0.3 is 0 Å². The number of alkyl halides is 3. The zero-order valence-electron chi connectivity index (χ0n) is 9.11. The van der Waals surface area contributed by atoms with E-state index in [1.54, 1.807) is 12.1 Å². The Hall–Kier alpha value is -2.17. The van der Waals surface area contributed by atoms with Crippen molar-refractivity contribution in [3.63, 3.8) is 0 Å². The van der Waals surface area contributed by atoms with Crippen LogP contribution in [0.4, 0.5) is 13.2 Å². The third-order valence-electron chi connectivity index (χ3n) is 2.41. The molecule has 2 aromatic rings. The number of carbonyl (C=O) groups excluding carboxylic acids is 1. The zero-order chi connectivity index (χ0) is 13.2. The van der Waals surface area contributed by atoms with Gasteiger partial charge in [0.05, 0.1) is 5.56 Å². The largest absolute Gasteiger partial charge is 0.416 e. The number of pyridine rings is 1. The smallest absolute Gasteiger partial charge is 0.298 e. The van der Waals surface area contributed by atoms with Gasteiger partial charge in [-0.25, -0.2) is 0 Å². The first-order valence-electron chi connectivity index (χ1n) is 5.08. The molecular formula is C13H8F3NO. The fourth-order valence-electron chi connectivity index (χ4n) is 1.58. The highest BCUT2D eigenvalue weighted by atomic mass is 19.4. The van der Waals surface area contributed by atoms with Crippen LogP contribution < -0.4 is 0 Å². The normalized spacial score (nSPS) is 11.3. The van der Waals surface area contributed by atoms with Gasteiger partial charge in [0.25, 0.3) is 0 Å². The van der Waals surface area contributed by atoms with E-state index in [4.69, 9.17) is 0 Å². The van der Waals surface area contributed by atoms with Crippen molar-refractivity contribution in [1.29, 1.82) is 0 Å². The third-order valence-corrected chi connectivity index (χ3v) is 2.41. The summed E-state index contributed by atoms with van der Waals surface area (Å²) in [6, 6.07) is 6.49. The summed E-state index contributed by atoms with van der Waals surface area (Å²) in [7, 11) is 0. The molecule has 5 heteroatoms. The fraction of sp³-hybridized carbons (Fsp3) is 0.0769. The Morgan fingerprint density at radius 3 is 2.44 bits per heavy atom. The number of hydrogen-bond donors (Lipinski definition) is 0. The Bertz CT molecular complexity index is 564. The number of aromatic nitrogens is 1. The lowest BCUT2D eigenvalue weighted by Gasteiger charge is -2.10. The Morgan fingerprint density at radius 1 is 1.11 bits per heavy atom. The monoisotopic (exact) mass is 251 g/mol. The van der Waals surface area contributed by atoms with Crippen LogP contribution in [0.2, 0.25) is 0 Å². The number of nitrogens with zero attached hydrogens (tertiary/aromatic N) is 1. The lowest BCUT2D eigenvalue weighted by Crippen LogP contribution is -2.06. The zero-order valence-corrected chi connectivity index (χ0v) is 9.11. The maximum absolute atomic E-state index is 12.7. The van der Waals surface area contributed by atoms with E-state index in [0.29, 0.717) is 17.4 Å². The Morgan fingerprint density at radius 2 is 1.89 bits per heavy atom. The van der Waals surface area contributed by atoms with Gasteiger partial charge in [0.15, 0.2) is 0 Å². The number of rotatable bonds is 2. The summed E-state index contributed by atoms with van der Waals surface area (Å²) in [5, 5.41) is 0. The van der Waals surface area contributed by atoms with Crippen molar-refractivity contribution >= 4 is 6.29 Å². The van der Waals surface area contributed by atoms with Crippen molar-refractivity contribution in [2.24, 2.45) is 0 Å². The molecule has 0 atom stereocenters. The minimum absolute atomic E-state index is 0.0105. The Balaban J connectivity index is 2.58.